The molecule has 0 aliphatic rings. The maximum Gasteiger partial charge on any atom is 0.306 e. The van der Waals surface area contributed by atoms with E-state index in [0.29, 0.717) is 23.7 Å². The number of carbonyl (C=O) groups is 1. The van der Waals surface area contributed by atoms with E-state index in [1.54, 1.807) is 14.2 Å². The van der Waals surface area contributed by atoms with Gasteiger partial charge in [0.1, 0.15) is 0 Å². The molecular weight excluding hydrogens is 324 g/mol. The van der Waals surface area contributed by atoms with Crippen LogP contribution in [0.1, 0.15) is 44.5 Å². The van der Waals surface area contributed by atoms with Gasteiger partial charge in [-0.25, -0.2) is 0 Å². The van der Waals surface area contributed by atoms with Gasteiger partial charge in [-0.05, 0) is 18.1 Å². The van der Waals surface area contributed by atoms with Crippen molar-refractivity contribution in [3.8, 4) is 11.5 Å². The number of aromatic nitrogens is 2. The number of hydrogen-bond donors (Lipinski definition) is 0. The predicted octanol–water partition coefficient (Wildman–Crippen LogP) is 3.06. The van der Waals surface area contributed by atoms with Crippen LogP contribution in [0.5, 0.6) is 11.5 Å². The summed E-state index contributed by atoms with van der Waals surface area (Å²) >= 11 is 0. The second-order valence-corrected chi connectivity index (χ2v) is 6.58. The lowest BCUT2D eigenvalue weighted by Crippen LogP contribution is -2.13. The van der Waals surface area contributed by atoms with Crippen LogP contribution >= 0.6 is 0 Å². The molecule has 0 radical (unpaired) electrons. The van der Waals surface area contributed by atoms with E-state index in [0.717, 1.165) is 5.56 Å². The van der Waals surface area contributed by atoms with Crippen molar-refractivity contribution in [2.75, 3.05) is 14.2 Å². The first-order valence-electron chi connectivity index (χ1n) is 8.03. The number of hydrogen-bond acceptors (Lipinski definition) is 7. The summed E-state index contributed by atoms with van der Waals surface area (Å²) in [6.45, 7) is 5.91. The van der Waals surface area contributed by atoms with Gasteiger partial charge in [-0.3, -0.25) is 4.79 Å². The highest BCUT2D eigenvalue weighted by Gasteiger charge is 2.21. The Bertz CT molecular complexity index is 718. The minimum atomic E-state index is -0.347. The first-order chi connectivity index (χ1) is 11.8. The molecule has 1 aromatic carbocycles. The fourth-order valence-corrected chi connectivity index (χ4v) is 2.22. The molecule has 25 heavy (non-hydrogen) atoms. The highest BCUT2D eigenvalue weighted by Crippen LogP contribution is 2.31. The Morgan fingerprint density at radius 3 is 2.56 bits per heavy atom. The van der Waals surface area contributed by atoms with Crippen molar-refractivity contribution in [3.05, 3.63) is 35.5 Å². The van der Waals surface area contributed by atoms with Crippen LogP contribution in [0.4, 0.5) is 0 Å². The zero-order valence-corrected chi connectivity index (χ0v) is 15.3. The third-order valence-corrected chi connectivity index (χ3v) is 3.58. The topological polar surface area (TPSA) is 83.7 Å². The molecule has 1 aromatic heterocycles. The van der Waals surface area contributed by atoms with Crippen LogP contribution in [0.25, 0.3) is 0 Å². The summed E-state index contributed by atoms with van der Waals surface area (Å²) in [6.07, 6.45) is 0.695. The van der Waals surface area contributed by atoms with Crippen LogP contribution in [0.15, 0.2) is 22.7 Å². The van der Waals surface area contributed by atoms with E-state index in [-0.39, 0.29) is 30.3 Å². The summed E-state index contributed by atoms with van der Waals surface area (Å²) in [6, 6.07) is 5.56. The Morgan fingerprint density at radius 2 is 1.96 bits per heavy atom. The summed E-state index contributed by atoms with van der Waals surface area (Å²) < 4.78 is 20.9. The number of rotatable bonds is 7. The second-order valence-electron chi connectivity index (χ2n) is 6.58. The number of para-hydroxylation sites is 1. The van der Waals surface area contributed by atoms with E-state index in [9.17, 15) is 4.79 Å². The highest BCUT2D eigenvalue weighted by molar-refractivity contribution is 5.70. The van der Waals surface area contributed by atoms with Crippen molar-refractivity contribution in [3.63, 3.8) is 0 Å². The molecular formula is C18H24N2O5. The predicted molar refractivity (Wildman–Crippen MR) is 90.7 cm³/mol. The minimum Gasteiger partial charge on any atom is -0.493 e. The summed E-state index contributed by atoms with van der Waals surface area (Å²) in [5.74, 6) is 1.79. The van der Waals surface area contributed by atoms with E-state index in [1.807, 2.05) is 39.0 Å². The normalized spacial score (nSPS) is 11.2. The molecule has 0 saturated carbocycles. The molecule has 7 heteroatoms. The van der Waals surface area contributed by atoms with E-state index in [2.05, 4.69) is 10.1 Å². The highest BCUT2D eigenvalue weighted by atomic mass is 16.6. The molecule has 0 unspecified atom stereocenters. The van der Waals surface area contributed by atoms with Gasteiger partial charge >= 0.3 is 5.97 Å². The Kier molecular flexibility index (Phi) is 6.01. The van der Waals surface area contributed by atoms with Crippen molar-refractivity contribution in [1.82, 2.24) is 10.1 Å². The van der Waals surface area contributed by atoms with Gasteiger partial charge in [0.2, 0.25) is 0 Å². The quantitative estimate of drug-likeness (QED) is 0.711. The van der Waals surface area contributed by atoms with Gasteiger partial charge < -0.3 is 18.7 Å². The van der Waals surface area contributed by atoms with Crippen LogP contribution in [0, 0.1) is 0 Å². The summed E-state index contributed by atoms with van der Waals surface area (Å²) in [4.78, 5) is 16.2. The summed E-state index contributed by atoms with van der Waals surface area (Å²) in [5, 5.41) is 3.89. The van der Waals surface area contributed by atoms with Gasteiger partial charge in [-0.1, -0.05) is 38.1 Å². The molecule has 0 saturated heterocycles. The van der Waals surface area contributed by atoms with Gasteiger partial charge in [-0.15, -0.1) is 0 Å². The van der Waals surface area contributed by atoms with Crippen molar-refractivity contribution >= 4 is 5.97 Å². The Balaban J connectivity index is 1.88. The molecule has 2 aromatic rings. The first-order valence-corrected chi connectivity index (χ1v) is 8.03. The van der Waals surface area contributed by atoms with Crippen LogP contribution in [0.2, 0.25) is 0 Å². The van der Waals surface area contributed by atoms with Crippen molar-refractivity contribution in [1.29, 1.82) is 0 Å². The molecule has 7 nitrogen and oxygen atoms in total. The smallest absolute Gasteiger partial charge is 0.306 e. The van der Waals surface area contributed by atoms with Gasteiger partial charge in [-0.2, -0.15) is 4.98 Å². The van der Waals surface area contributed by atoms with E-state index in [1.165, 1.54) is 0 Å². The van der Waals surface area contributed by atoms with Gasteiger partial charge in [0.25, 0.3) is 5.89 Å². The molecule has 1 heterocycles. The molecule has 0 fully saturated rings. The van der Waals surface area contributed by atoms with Gasteiger partial charge in [0, 0.05) is 11.8 Å². The van der Waals surface area contributed by atoms with Gasteiger partial charge in [0.15, 0.2) is 23.9 Å². The van der Waals surface area contributed by atoms with E-state index < -0.39 is 0 Å². The number of carbonyl (C=O) groups excluding carboxylic acids is 1. The fraction of sp³-hybridized carbons (Fsp3) is 0.500. The van der Waals surface area contributed by atoms with E-state index in [4.69, 9.17) is 18.7 Å². The molecule has 0 spiro atoms. The van der Waals surface area contributed by atoms with Crippen molar-refractivity contribution in [2.45, 2.75) is 45.6 Å². The lowest BCUT2D eigenvalue weighted by molar-refractivity contribution is -0.145. The number of benzene rings is 1. The second kappa shape index (κ2) is 8.00. The van der Waals surface area contributed by atoms with Crippen LogP contribution < -0.4 is 9.47 Å². The molecule has 2 rings (SSSR count). The van der Waals surface area contributed by atoms with Crippen molar-refractivity contribution in [2.24, 2.45) is 0 Å². The standard InChI is InChI=1S/C18H24N2O5/c1-18(2,3)17-19-14(25-20-17)11-24-15(21)10-9-12-7-6-8-13(22-4)16(12)23-5/h6-8H,9-11H2,1-5H3. The number of aryl methyl sites for hydroxylation is 1. The molecule has 0 N–H and O–H groups in total. The van der Waals surface area contributed by atoms with Crippen LogP contribution in [0.3, 0.4) is 0 Å². The Labute approximate surface area is 147 Å². The SMILES string of the molecule is COc1cccc(CCC(=O)OCc2nc(C(C)(C)C)no2)c1OC. The molecule has 0 aliphatic carbocycles. The monoisotopic (exact) mass is 348 g/mol. The number of ether oxygens (including phenoxy) is 3. The lowest BCUT2D eigenvalue weighted by atomic mass is 9.96. The van der Waals surface area contributed by atoms with Crippen molar-refractivity contribution < 1.29 is 23.5 Å². The minimum absolute atomic E-state index is 0.0306. The Morgan fingerprint density at radius 1 is 1.20 bits per heavy atom. The molecule has 0 aliphatic heterocycles. The number of esters is 1. The molecule has 0 amide bonds. The van der Waals surface area contributed by atoms with E-state index >= 15 is 0 Å². The third-order valence-electron chi connectivity index (χ3n) is 3.58. The molecule has 0 bridgehead atoms. The third kappa shape index (κ3) is 4.95. The first kappa shape index (κ1) is 18.8. The van der Waals surface area contributed by atoms with Crippen LogP contribution in [-0.4, -0.2) is 30.3 Å². The van der Waals surface area contributed by atoms with Gasteiger partial charge in [0.05, 0.1) is 14.2 Å². The Hall–Kier alpha value is -2.57. The fourth-order valence-electron chi connectivity index (χ4n) is 2.22. The average Bonchev–Trinajstić information content (AvgIpc) is 3.07. The number of methoxy groups -OCH3 is 2. The maximum atomic E-state index is 12.0. The molecule has 0 atom stereocenters. The zero-order valence-electron chi connectivity index (χ0n) is 15.3. The lowest BCUT2D eigenvalue weighted by Gasteiger charge is -2.12. The molecule has 136 valence electrons. The summed E-state index contributed by atoms with van der Waals surface area (Å²) in [5.41, 5.74) is 0.668. The number of nitrogens with zero attached hydrogens (tertiary/aromatic N) is 2. The summed E-state index contributed by atoms with van der Waals surface area (Å²) in [7, 11) is 3.15. The average molecular weight is 348 g/mol. The zero-order chi connectivity index (χ0) is 18.4. The van der Waals surface area contributed by atoms with Crippen LogP contribution in [-0.2, 0) is 28.0 Å². The maximum absolute atomic E-state index is 12.0. The largest absolute Gasteiger partial charge is 0.493 e.